The Morgan fingerprint density at radius 3 is 2.84 bits per heavy atom. The van der Waals surface area contributed by atoms with Crippen LogP contribution in [0.3, 0.4) is 0 Å². The monoisotopic (exact) mass is 440 g/mol. The summed E-state index contributed by atoms with van der Waals surface area (Å²) in [6.07, 6.45) is 8.78. The van der Waals surface area contributed by atoms with Crippen molar-refractivity contribution in [1.29, 1.82) is 0 Å². The van der Waals surface area contributed by atoms with Crippen LogP contribution in [0.2, 0.25) is 0 Å². The number of piperidine rings is 1. The van der Waals surface area contributed by atoms with E-state index in [1.165, 1.54) is 11.1 Å². The number of hydrogen-bond donors (Lipinski definition) is 2. The van der Waals surface area contributed by atoms with E-state index in [0.29, 0.717) is 30.7 Å². The van der Waals surface area contributed by atoms with Gasteiger partial charge in [-0.2, -0.15) is 9.97 Å². The SMILES string of the molecule is CCCCOc1nc(N)c2c(n1)N(CC1(C)C=C3CCN(C(C)C)CC3=CC1)CC(=O)N2. The number of amides is 1. The molecule has 8 nitrogen and oxygen atoms in total. The maximum atomic E-state index is 12.4. The first-order valence-electron chi connectivity index (χ1n) is 11.8. The molecule has 1 aromatic rings. The molecule has 1 aromatic heterocycles. The minimum atomic E-state index is -0.0963. The normalized spacial score (nSPS) is 23.3. The van der Waals surface area contributed by atoms with E-state index in [4.69, 9.17) is 10.5 Å². The van der Waals surface area contributed by atoms with Crippen LogP contribution in [0.5, 0.6) is 6.01 Å². The Morgan fingerprint density at radius 1 is 1.28 bits per heavy atom. The molecule has 0 spiro atoms. The van der Waals surface area contributed by atoms with Crippen molar-refractivity contribution in [2.24, 2.45) is 5.41 Å². The number of anilines is 3. The molecule has 4 rings (SSSR count). The Hall–Kier alpha value is -2.61. The number of likely N-dealkylation sites (tertiary alicyclic amines) is 1. The summed E-state index contributed by atoms with van der Waals surface area (Å²) in [6.45, 7) is 12.5. The van der Waals surface area contributed by atoms with Gasteiger partial charge in [0.15, 0.2) is 11.6 Å². The molecule has 1 saturated heterocycles. The fourth-order valence-electron chi connectivity index (χ4n) is 4.73. The molecule has 1 aliphatic carbocycles. The predicted molar refractivity (Wildman–Crippen MR) is 128 cm³/mol. The van der Waals surface area contributed by atoms with Gasteiger partial charge < -0.3 is 20.7 Å². The lowest BCUT2D eigenvalue weighted by atomic mass is 9.76. The maximum absolute atomic E-state index is 12.4. The third-order valence-corrected chi connectivity index (χ3v) is 6.60. The minimum absolute atomic E-state index is 0.0866. The number of allylic oxidation sites excluding steroid dienone is 1. The van der Waals surface area contributed by atoms with Crippen LogP contribution in [-0.2, 0) is 4.79 Å². The first kappa shape index (κ1) is 22.6. The molecule has 3 aliphatic rings. The molecule has 3 N–H and O–H groups in total. The molecule has 0 bridgehead atoms. The van der Waals surface area contributed by atoms with Gasteiger partial charge >= 0.3 is 6.01 Å². The average Bonchev–Trinajstić information content (AvgIpc) is 2.74. The molecule has 1 unspecified atom stereocenters. The van der Waals surface area contributed by atoms with Gasteiger partial charge in [-0.05, 0) is 44.3 Å². The molecular formula is C24H36N6O2. The number of carbonyl (C=O) groups excluding carboxylic acids is 1. The van der Waals surface area contributed by atoms with Crippen molar-refractivity contribution in [1.82, 2.24) is 14.9 Å². The van der Waals surface area contributed by atoms with Gasteiger partial charge in [0.2, 0.25) is 5.91 Å². The van der Waals surface area contributed by atoms with E-state index in [0.717, 1.165) is 38.8 Å². The number of carbonyl (C=O) groups is 1. The van der Waals surface area contributed by atoms with E-state index in [1.54, 1.807) is 0 Å². The van der Waals surface area contributed by atoms with Crippen LogP contribution < -0.4 is 20.7 Å². The minimum Gasteiger partial charge on any atom is -0.463 e. The van der Waals surface area contributed by atoms with Gasteiger partial charge in [0.05, 0.1) is 13.2 Å². The smallest absolute Gasteiger partial charge is 0.320 e. The fourth-order valence-corrected chi connectivity index (χ4v) is 4.73. The summed E-state index contributed by atoms with van der Waals surface area (Å²) in [5.74, 6) is 0.795. The zero-order valence-corrected chi connectivity index (χ0v) is 19.8. The lowest BCUT2D eigenvalue weighted by Gasteiger charge is -2.41. The molecule has 1 fully saturated rings. The zero-order chi connectivity index (χ0) is 22.9. The first-order chi connectivity index (χ1) is 15.3. The number of nitrogens with one attached hydrogen (secondary N) is 1. The van der Waals surface area contributed by atoms with Crippen molar-refractivity contribution in [2.45, 2.75) is 59.4 Å². The lowest BCUT2D eigenvalue weighted by molar-refractivity contribution is -0.115. The van der Waals surface area contributed by atoms with Gasteiger partial charge in [-0.3, -0.25) is 9.69 Å². The van der Waals surface area contributed by atoms with Crippen LogP contribution in [0.25, 0.3) is 0 Å². The lowest BCUT2D eigenvalue weighted by Crippen LogP contribution is -2.45. The number of nitrogen functional groups attached to an aromatic ring is 1. The molecule has 0 radical (unpaired) electrons. The van der Waals surface area contributed by atoms with Gasteiger partial charge in [0.1, 0.15) is 5.69 Å². The highest BCUT2D eigenvalue weighted by atomic mass is 16.5. The van der Waals surface area contributed by atoms with Crippen molar-refractivity contribution >= 4 is 23.2 Å². The first-order valence-corrected chi connectivity index (χ1v) is 11.8. The largest absolute Gasteiger partial charge is 0.463 e. The van der Waals surface area contributed by atoms with Crippen LogP contribution in [0.15, 0.2) is 23.3 Å². The zero-order valence-electron chi connectivity index (χ0n) is 19.8. The van der Waals surface area contributed by atoms with Crippen molar-refractivity contribution in [2.75, 3.05) is 48.7 Å². The van der Waals surface area contributed by atoms with Crippen LogP contribution >= 0.6 is 0 Å². The van der Waals surface area contributed by atoms with Crippen LogP contribution in [-0.4, -0.2) is 59.6 Å². The van der Waals surface area contributed by atoms with Crippen LogP contribution in [0.4, 0.5) is 17.3 Å². The molecule has 32 heavy (non-hydrogen) atoms. The summed E-state index contributed by atoms with van der Waals surface area (Å²) in [4.78, 5) is 25.8. The van der Waals surface area contributed by atoms with Gasteiger partial charge in [-0.25, -0.2) is 0 Å². The van der Waals surface area contributed by atoms with E-state index in [-0.39, 0.29) is 29.7 Å². The van der Waals surface area contributed by atoms with Crippen LogP contribution in [0.1, 0.15) is 53.4 Å². The summed E-state index contributed by atoms with van der Waals surface area (Å²) >= 11 is 0. The molecule has 2 aliphatic heterocycles. The van der Waals surface area contributed by atoms with Crippen molar-refractivity contribution in [3.8, 4) is 6.01 Å². The number of ether oxygens (including phenoxy) is 1. The number of aromatic nitrogens is 2. The molecule has 3 heterocycles. The van der Waals surface area contributed by atoms with E-state index in [1.807, 2.05) is 4.90 Å². The third kappa shape index (κ3) is 4.75. The molecule has 1 amide bonds. The average molecular weight is 441 g/mol. The number of unbranched alkanes of at least 4 members (excludes halogenated alkanes) is 1. The fraction of sp³-hybridized carbons (Fsp3) is 0.625. The Labute approximate surface area is 190 Å². The Bertz CT molecular complexity index is 941. The molecule has 0 saturated carbocycles. The summed E-state index contributed by atoms with van der Waals surface area (Å²) < 4.78 is 5.72. The van der Waals surface area contributed by atoms with Crippen molar-refractivity contribution in [3.05, 3.63) is 23.3 Å². The Morgan fingerprint density at radius 2 is 2.09 bits per heavy atom. The van der Waals surface area contributed by atoms with E-state index < -0.39 is 0 Å². The Balaban J connectivity index is 1.55. The second-order valence-corrected chi connectivity index (χ2v) is 9.77. The van der Waals surface area contributed by atoms with Crippen molar-refractivity contribution < 1.29 is 9.53 Å². The third-order valence-electron chi connectivity index (χ3n) is 6.60. The highest BCUT2D eigenvalue weighted by Crippen LogP contribution is 2.40. The molecule has 8 heteroatoms. The van der Waals surface area contributed by atoms with Crippen molar-refractivity contribution in [3.63, 3.8) is 0 Å². The summed E-state index contributed by atoms with van der Waals surface area (Å²) in [7, 11) is 0. The molecular weight excluding hydrogens is 404 g/mol. The molecule has 174 valence electrons. The number of hydrogen-bond acceptors (Lipinski definition) is 7. The van der Waals surface area contributed by atoms with E-state index in [2.05, 4.69) is 60.0 Å². The second-order valence-electron chi connectivity index (χ2n) is 9.77. The number of nitrogens with two attached hydrogens (primary N) is 1. The molecule has 0 aromatic carbocycles. The number of fused-ring (bicyclic) bond motifs is 2. The highest BCUT2D eigenvalue weighted by Gasteiger charge is 2.35. The quantitative estimate of drug-likeness (QED) is 0.628. The van der Waals surface area contributed by atoms with E-state index in [9.17, 15) is 4.79 Å². The topological polar surface area (TPSA) is 96.6 Å². The van der Waals surface area contributed by atoms with Gasteiger partial charge in [0.25, 0.3) is 0 Å². The van der Waals surface area contributed by atoms with E-state index >= 15 is 0 Å². The van der Waals surface area contributed by atoms with Gasteiger partial charge in [0, 0.05) is 31.1 Å². The second kappa shape index (κ2) is 9.10. The summed E-state index contributed by atoms with van der Waals surface area (Å²) in [5, 5.41) is 2.84. The Kier molecular flexibility index (Phi) is 6.42. The van der Waals surface area contributed by atoms with Gasteiger partial charge in [-0.1, -0.05) is 32.4 Å². The standard InChI is InChI=1S/C24H36N6O2/c1-5-6-11-32-23-27-21(25)20-22(28-23)30(14-19(31)26-20)15-24(4)9-7-18-13-29(16(2)3)10-8-17(18)12-24/h7,12,16H,5-6,8-11,13-15H2,1-4H3,(H,26,31)(H2,25,27,28). The van der Waals surface area contributed by atoms with Gasteiger partial charge in [-0.15, -0.1) is 0 Å². The maximum Gasteiger partial charge on any atom is 0.320 e. The summed E-state index contributed by atoms with van der Waals surface area (Å²) in [6, 6.07) is 0.833. The summed E-state index contributed by atoms with van der Waals surface area (Å²) in [5.41, 5.74) is 9.46. The predicted octanol–water partition coefficient (Wildman–Crippen LogP) is 3.37. The number of rotatable bonds is 7. The number of nitrogens with zero attached hydrogens (tertiary/aromatic N) is 4. The van der Waals surface area contributed by atoms with Crippen LogP contribution in [0, 0.1) is 5.41 Å². The molecule has 1 atom stereocenters. The highest BCUT2D eigenvalue weighted by molar-refractivity contribution is 6.03.